The normalized spacial score (nSPS) is 14.1. The molecule has 13 aromatic rings. The Morgan fingerprint density at radius 2 is 0.714 bits per heavy atom. The first kappa shape index (κ1) is 39.9. The summed E-state index contributed by atoms with van der Waals surface area (Å²) in [5.74, 6) is 0. The van der Waals surface area contributed by atoms with Crippen molar-refractivity contribution >= 4 is 60.9 Å². The molecule has 70 heavy (non-hydrogen) atoms. The molecule has 14 rings (SSSR count). The summed E-state index contributed by atoms with van der Waals surface area (Å²) in [7, 11) is 0. The predicted octanol–water partition coefficient (Wildman–Crippen LogP) is 18.3. The predicted molar refractivity (Wildman–Crippen MR) is 289 cm³/mol. The number of benzene rings is 11. The lowest BCUT2D eigenvalue weighted by molar-refractivity contribution is 0.648. The minimum Gasteiger partial charge on any atom is -0.456 e. The molecule has 1 aliphatic carbocycles. The van der Waals surface area contributed by atoms with Gasteiger partial charge in [-0.25, -0.2) is 0 Å². The van der Waals surface area contributed by atoms with Gasteiger partial charge in [0.2, 0.25) is 0 Å². The number of fused-ring (bicyclic) bond motifs is 9. The van der Waals surface area contributed by atoms with Crippen molar-refractivity contribution in [2.75, 3.05) is 4.90 Å². The lowest BCUT2D eigenvalue weighted by Gasteiger charge is -2.34. The van der Waals surface area contributed by atoms with Crippen molar-refractivity contribution < 1.29 is 8.83 Å². The maximum atomic E-state index is 6.87. The molecule has 0 aliphatic heterocycles. The topological polar surface area (TPSA) is 29.5 Å². The summed E-state index contributed by atoms with van der Waals surface area (Å²) >= 11 is 0. The Kier molecular flexibility index (Phi) is 9.11. The van der Waals surface area contributed by atoms with E-state index in [0.29, 0.717) is 0 Å². The molecular weight excluding hydrogens is 851 g/mol. The second kappa shape index (κ2) is 16.0. The summed E-state index contributed by atoms with van der Waals surface area (Å²) in [6.07, 6.45) is 0. The molecule has 0 radical (unpaired) electrons. The van der Waals surface area contributed by atoms with E-state index in [1.54, 1.807) is 0 Å². The Balaban J connectivity index is 0.891. The Morgan fingerprint density at radius 1 is 0.271 bits per heavy atom. The number of hydrogen-bond donors (Lipinski definition) is 0. The van der Waals surface area contributed by atoms with Gasteiger partial charge in [-0.1, -0.05) is 206 Å². The molecule has 11 aromatic carbocycles. The van der Waals surface area contributed by atoms with Gasteiger partial charge in [-0.15, -0.1) is 0 Å². The first-order valence-corrected chi connectivity index (χ1v) is 24.0. The number of anilines is 3. The average molecular weight is 894 g/mol. The van der Waals surface area contributed by atoms with Crippen LogP contribution in [0.4, 0.5) is 17.1 Å². The first-order chi connectivity index (χ1) is 34.7. The van der Waals surface area contributed by atoms with Crippen LogP contribution in [0.3, 0.4) is 0 Å². The van der Waals surface area contributed by atoms with Crippen molar-refractivity contribution in [3.8, 4) is 44.5 Å². The third-order valence-electron chi connectivity index (χ3n) is 14.6. The lowest BCUT2D eigenvalue weighted by Crippen LogP contribution is -2.28. The van der Waals surface area contributed by atoms with E-state index in [2.05, 4.69) is 254 Å². The van der Waals surface area contributed by atoms with Crippen LogP contribution >= 0.6 is 0 Å². The van der Waals surface area contributed by atoms with Crippen LogP contribution in [0.2, 0.25) is 0 Å². The Bertz CT molecular complexity index is 4090. The second-order valence-corrected chi connectivity index (χ2v) is 18.3. The minimum atomic E-state index is -0.638. The summed E-state index contributed by atoms with van der Waals surface area (Å²) in [5.41, 5.74) is 20.3. The van der Waals surface area contributed by atoms with E-state index in [4.69, 9.17) is 8.83 Å². The molecule has 0 saturated heterocycles. The summed E-state index contributed by atoms with van der Waals surface area (Å²) < 4.78 is 13.3. The van der Waals surface area contributed by atoms with E-state index >= 15 is 0 Å². The molecule has 0 spiro atoms. The van der Waals surface area contributed by atoms with Crippen molar-refractivity contribution in [1.29, 1.82) is 0 Å². The van der Waals surface area contributed by atoms with E-state index < -0.39 is 5.41 Å². The van der Waals surface area contributed by atoms with Gasteiger partial charge in [-0.3, -0.25) is 0 Å². The number of hydrogen-bond acceptors (Lipinski definition) is 3. The molecule has 3 heteroatoms. The fourth-order valence-electron chi connectivity index (χ4n) is 11.4. The number of para-hydroxylation sites is 4. The van der Waals surface area contributed by atoms with Crippen LogP contribution in [0.15, 0.2) is 270 Å². The summed E-state index contributed by atoms with van der Waals surface area (Å²) in [4.78, 5) is 2.35. The van der Waals surface area contributed by atoms with Crippen molar-refractivity contribution in [3.05, 3.63) is 283 Å². The van der Waals surface area contributed by atoms with Gasteiger partial charge in [-0.05, 0) is 110 Å². The highest BCUT2D eigenvalue weighted by Crippen LogP contribution is 2.58. The molecule has 0 fully saturated rings. The average Bonchev–Trinajstić information content (AvgIpc) is 4.11. The molecule has 1 atom stereocenters. The summed E-state index contributed by atoms with van der Waals surface area (Å²) in [6.45, 7) is 0. The molecule has 0 N–H and O–H groups in total. The number of furan rings is 2. The van der Waals surface area contributed by atoms with E-state index in [9.17, 15) is 0 Å². The van der Waals surface area contributed by atoms with Crippen LogP contribution in [-0.4, -0.2) is 0 Å². The molecule has 3 nitrogen and oxygen atoms in total. The largest absolute Gasteiger partial charge is 0.456 e. The van der Waals surface area contributed by atoms with Gasteiger partial charge in [0.15, 0.2) is 0 Å². The van der Waals surface area contributed by atoms with E-state index in [1.807, 2.05) is 12.1 Å². The van der Waals surface area contributed by atoms with Gasteiger partial charge in [-0.2, -0.15) is 0 Å². The van der Waals surface area contributed by atoms with Gasteiger partial charge < -0.3 is 13.7 Å². The Hall–Kier alpha value is -9.18. The Labute approximate surface area is 405 Å². The fraction of sp³-hybridized carbons (Fsp3) is 0.0149. The maximum Gasteiger partial charge on any atom is 0.143 e. The van der Waals surface area contributed by atoms with Gasteiger partial charge in [0.05, 0.1) is 5.41 Å². The van der Waals surface area contributed by atoms with Crippen LogP contribution in [0.1, 0.15) is 22.3 Å². The fourth-order valence-corrected chi connectivity index (χ4v) is 11.4. The molecule has 0 amide bonds. The molecule has 1 aliphatic rings. The molecule has 2 heterocycles. The van der Waals surface area contributed by atoms with Gasteiger partial charge in [0.1, 0.15) is 22.3 Å². The second-order valence-electron chi connectivity index (χ2n) is 18.3. The quantitative estimate of drug-likeness (QED) is 0.152. The molecule has 1 unspecified atom stereocenters. The third-order valence-corrected chi connectivity index (χ3v) is 14.6. The van der Waals surface area contributed by atoms with Crippen LogP contribution in [0.5, 0.6) is 0 Å². The van der Waals surface area contributed by atoms with Crippen LogP contribution in [0.25, 0.3) is 88.4 Å². The zero-order valence-electron chi connectivity index (χ0n) is 38.1. The Morgan fingerprint density at radius 3 is 1.39 bits per heavy atom. The molecule has 0 bridgehead atoms. The van der Waals surface area contributed by atoms with Crippen molar-refractivity contribution in [2.45, 2.75) is 5.41 Å². The SMILES string of the molecule is c1ccc(-c2ccc(N(c3ccc(-c4ccc5c(c4)C(c4ccccc4)(c4cccc6c4oc4ccccc46)c4ccccc4-5)cc3)c3ccc(-c4cccc5c4oc4ccccc45)cc3)cc2)cc1. The minimum absolute atomic E-state index is 0.638. The van der Waals surface area contributed by atoms with Crippen LogP contribution < -0.4 is 4.90 Å². The zero-order valence-corrected chi connectivity index (χ0v) is 38.1. The smallest absolute Gasteiger partial charge is 0.143 e. The van der Waals surface area contributed by atoms with E-state index in [-0.39, 0.29) is 0 Å². The number of nitrogens with zero attached hydrogens (tertiary/aromatic N) is 1. The highest BCUT2D eigenvalue weighted by Gasteiger charge is 2.47. The van der Waals surface area contributed by atoms with Crippen molar-refractivity contribution in [3.63, 3.8) is 0 Å². The maximum absolute atomic E-state index is 6.87. The first-order valence-electron chi connectivity index (χ1n) is 24.0. The van der Waals surface area contributed by atoms with E-state index in [1.165, 1.54) is 38.9 Å². The van der Waals surface area contributed by atoms with Crippen LogP contribution in [0, 0.1) is 0 Å². The van der Waals surface area contributed by atoms with Crippen LogP contribution in [-0.2, 0) is 5.41 Å². The van der Waals surface area contributed by atoms with Gasteiger partial charge >= 0.3 is 0 Å². The standard InChI is InChI=1S/C67H43NO2/c1-3-15-44(16-4-1)45-29-36-50(37-30-45)68(52-40-33-47(34-41-52)53-22-13-23-58-56-20-8-11-27-63(56)69-65(53)58)51-38-31-46(32-39-51)48-35-42-55-54-19-7-10-25-60(54)67(62(55)43-48,49-17-5-2-6-18-49)61-26-14-24-59-57-21-9-12-28-64(57)70-66(59)61/h1-43H. The highest BCUT2D eigenvalue weighted by atomic mass is 16.3. The summed E-state index contributed by atoms with van der Waals surface area (Å²) in [5, 5.41) is 4.50. The summed E-state index contributed by atoms with van der Waals surface area (Å²) in [6, 6.07) is 94.1. The monoisotopic (exact) mass is 893 g/mol. The molecular formula is C67H43NO2. The lowest BCUT2D eigenvalue weighted by atomic mass is 9.67. The number of rotatable bonds is 8. The van der Waals surface area contributed by atoms with Gasteiger partial charge in [0.25, 0.3) is 0 Å². The van der Waals surface area contributed by atoms with Gasteiger partial charge in [0, 0.05) is 49.7 Å². The van der Waals surface area contributed by atoms with Crippen molar-refractivity contribution in [2.24, 2.45) is 0 Å². The third kappa shape index (κ3) is 6.15. The van der Waals surface area contributed by atoms with E-state index in [0.717, 1.165) is 88.8 Å². The molecule has 2 aromatic heterocycles. The highest BCUT2D eigenvalue weighted by molar-refractivity contribution is 6.10. The van der Waals surface area contributed by atoms with Crippen molar-refractivity contribution in [1.82, 2.24) is 0 Å². The zero-order chi connectivity index (χ0) is 46.2. The molecule has 0 saturated carbocycles. The molecule has 328 valence electrons.